The van der Waals surface area contributed by atoms with Gasteiger partial charge in [0.1, 0.15) is 6.10 Å². The highest BCUT2D eigenvalue weighted by Gasteiger charge is 2.37. The number of rotatable bonds is 2. The third-order valence-corrected chi connectivity index (χ3v) is 3.03. The van der Waals surface area contributed by atoms with E-state index < -0.39 is 5.60 Å². The first kappa shape index (κ1) is 10.7. The molecule has 0 spiro atoms. The van der Waals surface area contributed by atoms with Crippen LogP contribution >= 0.6 is 0 Å². The first-order chi connectivity index (χ1) is 5.99. The molecule has 0 aromatic heterocycles. The highest BCUT2D eigenvalue weighted by Crippen LogP contribution is 2.34. The van der Waals surface area contributed by atoms with Gasteiger partial charge in [0.15, 0.2) is 0 Å². The molecule has 3 heteroatoms. The molecule has 0 heterocycles. The van der Waals surface area contributed by atoms with E-state index in [9.17, 15) is 5.11 Å². The molecule has 3 nitrogen and oxygen atoms in total. The normalized spacial score (nSPS) is 34.9. The topological polar surface area (TPSA) is 49.7 Å². The summed E-state index contributed by atoms with van der Waals surface area (Å²) in [6.45, 7) is 5.85. The fraction of sp³-hybridized carbons (Fsp3) is 0.800. The van der Waals surface area contributed by atoms with Crippen molar-refractivity contribution in [3.05, 3.63) is 11.6 Å². The molecule has 13 heavy (non-hydrogen) atoms. The molecule has 0 saturated carbocycles. The zero-order valence-corrected chi connectivity index (χ0v) is 8.45. The minimum atomic E-state index is -0.729. The Hall–Kier alpha value is -0.380. The van der Waals surface area contributed by atoms with Crippen LogP contribution in [0.4, 0.5) is 0 Å². The van der Waals surface area contributed by atoms with Crippen LogP contribution in [-0.4, -0.2) is 22.1 Å². The molecule has 2 unspecified atom stereocenters. The molecule has 0 radical (unpaired) electrons. The Labute approximate surface area is 79.0 Å². The number of hydrogen-bond donors (Lipinski definition) is 2. The molecule has 76 valence electrons. The summed E-state index contributed by atoms with van der Waals surface area (Å²) in [4.78, 5) is 4.32. The minimum absolute atomic E-state index is 0.175. The Morgan fingerprint density at radius 1 is 1.62 bits per heavy atom. The molecule has 0 saturated heterocycles. The van der Waals surface area contributed by atoms with Crippen molar-refractivity contribution in [1.82, 2.24) is 0 Å². The van der Waals surface area contributed by atoms with Crippen molar-refractivity contribution in [1.29, 1.82) is 0 Å². The predicted octanol–water partition coefficient (Wildman–Crippen LogP) is 1.97. The van der Waals surface area contributed by atoms with Gasteiger partial charge < -0.3 is 5.11 Å². The quantitative estimate of drug-likeness (QED) is 0.394. The molecule has 1 rings (SSSR count). The summed E-state index contributed by atoms with van der Waals surface area (Å²) in [7, 11) is 0. The van der Waals surface area contributed by atoms with Gasteiger partial charge >= 0.3 is 0 Å². The lowest BCUT2D eigenvalue weighted by molar-refractivity contribution is -0.280. The molecule has 0 fully saturated rings. The van der Waals surface area contributed by atoms with Crippen LogP contribution in [0.15, 0.2) is 11.6 Å². The fourth-order valence-electron chi connectivity index (χ4n) is 1.63. The number of hydrogen-bond acceptors (Lipinski definition) is 3. The Balaban J connectivity index is 2.77. The van der Waals surface area contributed by atoms with Crippen LogP contribution < -0.4 is 0 Å². The van der Waals surface area contributed by atoms with Crippen LogP contribution in [0, 0.1) is 5.92 Å². The molecule has 1 aliphatic carbocycles. The Bertz CT molecular complexity index is 210. The van der Waals surface area contributed by atoms with E-state index in [4.69, 9.17) is 5.26 Å². The van der Waals surface area contributed by atoms with Gasteiger partial charge in [0, 0.05) is 6.42 Å². The largest absolute Gasteiger partial charge is 0.389 e. The molecule has 0 aliphatic heterocycles. The molecule has 2 atom stereocenters. The molecule has 1 aliphatic rings. The van der Waals surface area contributed by atoms with E-state index >= 15 is 0 Å². The summed E-state index contributed by atoms with van der Waals surface area (Å²) in [5, 5.41) is 18.8. The first-order valence-corrected chi connectivity index (χ1v) is 4.69. The van der Waals surface area contributed by atoms with Crippen molar-refractivity contribution in [2.45, 2.75) is 45.3 Å². The van der Waals surface area contributed by atoms with E-state index in [0.717, 1.165) is 5.57 Å². The van der Waals surface area contributed by atoms with Gasteiger partial charge in [-0.05, 0) is 24.8 Å². The van der Waals surface area contributed by atoms with E-state index in [1.54, 1.807) is 0 Å². The molecule has 0 bridgehead atoms. The molecule has 0 amide bonds. The van der Waals surface area contributed by atoms with Crippen molar-refractivity contribution in [2.24, 2.45) is 5.92 Å². The van der Waals surface area contributed by atoms with Crippen molar-refractivity contribution in [3.8, 4) is 0 Å². The average Bonchev–Trinajstić information content (AvgIpc) is 2.09. The maximum absolute atomic E-state index is 10.1. The molecule has 0 aromatic rings. The van der Waals surface area contributed by atoms with Crippen LogP contribution in [0.1, 0.15) is 33.6 Å². The van der Waals surface area contributed by atoms with Gasteiger partial charge in [-0.1, -0.05) is 19.9 Å². The van der Waals surface area contributed by atoms with E-state index in [2.05, 4.69) is 4.89 Å². The maximum Gasteiger partial charge on any atom is 0.116 e. The number of aliphatic hydroxyl groups is 1. The van der Waals surface area contributed by atoms with Crippen LogP contribution in [0.2, 0.25) is 0 Å². The van der Waals surface area contributed by atoms with E-state index in [1.807, 2.05) is 26.8 Å². The van der Waals surface area contributed by atoms with Gasteiger partial charge in [0.25, 0.3) is 0 Å². The lowest BCUT2D eigenvalue weighted by Crippen LogP contribution is -2.41. The third-order valence-electron chi connectivity index (χ3n) is 3.03. The summed E-state index contributed by atoms with van der Waals surface area (Å²) >= 11 is 0. The standard InChI is InChI=1S/C10H18O3/c1-7(2)10(11)5-4-8(3)9(6-10)13-12/h4,7,9,11-12H,5-6H2,1-3H3. The summed E-state index contributed by atoms with van der Waals surface area (Å²) in [5.74, 6) is 0.175. The smallest absolute Gasteiger partial charge is 0.116 e. The second-order valence-corrected chi connectivity index (χ2v) is 4.21. The molecule has 2 N–H and O–H groups in total. The Morgan fingerprint density at radius 2 is 2.23 bits per heavy atom. The fourth-order valence-corrected chi connectivity index (χ4v) is 1.63. The molecule has 0 aromatic carbocycles. The van der Waals surface area contributed by atoms with E-state index in [-0.39, 0.29) is 12.0 Å². The predicted molar refractivity (Wildman–Crippen MR) is 50.3 cm³/mol. The third kappa shape index (κ3) is 2.10. The second kappa shape index (κ2) is 3.78. The van der Waals surface area contributed by atoms with Crippen molar-refractivity contribution in [2.75, 3.05) is 0 Å². The van der Waals surface area contributed by atoms with Gasteiger partial charge in [0.2, 0.25) is 0 Å². The van der Waals surface area contributed by atoms with E-state index in [1.165, 1.54) is 0 Å². The zero-order valence-electron chi connectivity index (χ0n) is 8.45. The monoisotopic (exact) mass is 186 g/mol. The van der Waals surface area contributed by atoms with Crippen molar-refractivity contribution >= 4 is 0 Å². The van der Waals surface area contributed by atoms with Gasteiger partial charge in [-0.15, -0.1) is 0 Å². The van der Waals surface area contributed by atoms with Gasteiger partial charge in [-0.3, -0.25) is 5.26 Å². The average molecular weight is 186 g/mol. The molecular weight excluding hydrogens is 168 g/mol. The summed E-state index contributed by atoms with van der Waals surface area (Å²) in [5.41, 5.74) is 0.264. The Kier molecular flexibility index (Phi) is 3.11. The summed E-state index contributed by atoms with van der Waals surface area (Å²) < 4.78 is 0. The van der Waals surface area contributed by atoms with Crippen LogP contribution in [-0.2, 0) is 4.89 Å². The summed E-state index contributed by atoms with van der Waals surface area (Å²) in [6.07, 6.45) is 2.71. The van der Waals surface area contributed by atoms with Gasteiger partial charge in [-0.2, -0.15) is 0 Å². The van der Waals surface area contributed by atoms with Crippen LogP contribution in [0.25, 0.3) is 0 Å². The highest BCUT2D eigenvalue weighted by atomic mass is 17.1. The zero-order chi connectivity index (χ0) is 10.1. The van der Waals surface area contributed by atoms with Crippen LogP contribution in [0.5, 0.6) is 0 Å². The molecular formula is C10H18O3. The van der Waals surface area contributed by atoms with Gasteiger partial charge in [-0.25, -0.2) is 4.89 Å². The minimum Gasteiger partial charge on any atom is -0.389 e. The maximum atomic E-state index is 10.1. The van der Waals surface area contributed by atoms with Gasteiger partial charge in [0.05, 0.1) is 5.60 Å². The second-order valence-electron chi connectivity index (χ2n) is 4.21. The lowest BCUT2D eigenvalue weighted by Gasteiger charge is -2.37. The SMILES string of the molecule is CC1=CCC(O)(C(C)C)CC1OO. The van der Waals surface area contributed by atoms with Crippen molar-refractivity contribution < 1.29 is 15.3 Å². The highest BCUT2D eigenvalue weighted by molar-refractivity contribution is 5.14. The first-order valence-electron chi connectivity index (χ1n) is 4.69. The van der Waals surface area contributed by atoms with E-state index in [0.29, 0.717) is 12.8 Å². The van der Waals surface area contributed by atoms with Crippen LogP contribution in [0.3, 0.4) is 0 Å². The summed E-state index contributed by atoms with van der Waals surface area (Å²) in [6, 6.07) is 0. The van der Waals surface area contributed by atoms with Crippen molar-refractivity contribution in [3.63, 3.8) is 0 Å². The Morgan fingerprint density at radius 3 is 2.69 bits per heavy atom. The lowest BCUT2D eigenvalue weighted by atomic mass is 9.77.